The van der Waals surface area contributed by atoms with Crippen LogP contribution in [0.1, 0.15) is 57.0 Å². The van der Waals surface area contributed by atoms with E-state index in [0.717, 1.165) is 6.26 Å². The number of aromatic nitrogens is 2. The predicted molar refractivity (Wildman–Crippen MR) is 109 cm³/mol. The zero-order chi connectivity index (χ0) is 22.7. The highest BCUT2D eigenvalue weighted by atomic mass is 32.1. The van der Waals surface area contributed by atoms with Crippen LogP contribution in [0.15, 0.2) is 16.1 Å². The molecule has 3 N–H and O–H groups in total. The number of nitrogens with zero attached hydrogens (tertiary/aromatic N) is 2. The molecule has 0 aliphatic heterocycles. The third kappa shape index (κ3) is 7.14. The summed E-state index contributed by atoms with van der Waals surface area (Å²) in [5.41, 5.74) is 4.07. The van der Waals surface area contributed by atoms with Crippen molar-refractivity contribution in [1.82, 2.24) is 15.3 Å². The Balaban J connectivity index is 2.18. The van der Waals surface area contributed by atoms with Gasteiger partial charge in [-0.05, 0) is 41.5 Å². The molecule has 0 fully saturated rings. The summed E-state index contributed by atoms with van der Waals surface area (Å²) in [6.07, 6.45) is 0.473. The van der Waals surface area contributed by atoms with Gasteiger partial charge in [-0.3, -0.25) is 4.79 Å². The van der Waals surface area contributed by atoms with Crippen molar-refractivity contribution in [2.75, 3.05) is 0 Å². The Hall–Kier alpha value is -2.95. The number of rotatable bonds is 6. The lowest BCUT2D eigenvalue weighted by molar-refractivity contribution is -0.157. The molecule has 2 aromatic rings. The quantitative estimate of drug-likeness (QED) is 0.654. The smallest absolute Gasteiger partial charge is 0.408 e. The lowest BCUT2D eigenvalue weighted by atomic mass is 10.1. The molecule has 1 atom stereocenters. The summed E-state index contributed by atoms with van der Waals surface area (Å²) < 4.78 is 15.9. The Kier molecular flexibility index (Phi) is 6.86. The van der Waals surface area contributed by atoms with E-state index in [2.05, 4.69) is 15.3 Å². The normalized spacial score (nSPS) is 12.9. The molecule has 2 amide bonds. The number of thiazole rings is 1. The lowest BCUT2D eigenvalue weighted by Gasteiger charge is -2.25. The number of carbonyl (C=O) groups excluding carboxylic acids is 3. The average Bonchev–Trinajstić information content (AvgIpc) is 3.19. The molecule has 11 heteroatoms. The molecule has 0 radical (unpaired) electrons. The van der Waals surface area contributed by atoms with Crippen molar-refractivity contribution in [3.05, 3.63) is 22.3 Å². The first kappa shape index (κ1) is 23.3. The van der Waals surface area contributed by atoms with Gasteiger partial charge in [-0.25, -0.2) is 19.6 Å². The fourth-order valence-corrected chi connectivity index (χ4v) is 3.01. The number of carbonyl (C=O) groups is 3. The van der Waals surface area contributed by atoms with Crippen molar-refractivity contribution in [2.24, 2.45) is 5.73 Å². The van der Waals surface area contributed by atoms with Crippen molar-refractivity contribution < 1.29 is 28.3 Å². The summed E-state index contributed by atoms with van der Waals surface area (Å²) >= 11 is 1.24. The minimum atomic E-state index is -1.01. The number of esters is 1. The van der Waals surface area contributed by atoms with Crippen LogP contribution in [-0.4, -0.2) is 45.2 Å². The van der Waals surface area contributed by atoms with Crippen molar-refractivity contribution in [2.45, 2.75) is 65.2 Å². The van der Waals surface area contributed by atoms with Gasteiger partial charge in [-0.15, -0.1) is 11.3 Å². The molecule has 0 unspecified atom stereocenters. The zero-order valence-corrected chi connectivity index (χ0v) is 18.6. The van der Waals surface area contributed by atoms with Gasteiger partial charge in [0.05, 0.1) is 5.01 Å². The first-order chi connectivity index (χ1) is 13.7. The molecule has 0 aliphatic carbocycles. The van der Waals surface area contributed by atoms with Gasteiger partial charge in [0.15, 0.2) is 5.69 Å². The predicted octanol–water partition coefficient (Wildman–Crippen LogP) is 2.67. The average molecular weight is 439 g/mol. The van der Waals surface area contributed by atoms with Crippen molar-refractivity contribution in [3.8, 4) is 11.6 Å². The van der Waals surface area contributed by atoms with Gasteiger partial charge < -0.3 is 24.9 Å². The molecular weight excluding hydrogens is 412 g/mol. The van der Waals surface area contributed by atoms with E-state index < -0.39 is 35.2 Å². The second kappa shape index (κ2) is 8.82. The minimum absolute atomic E-state index is 0.0160. The summed E-state index contributed by atoms with van der Waals surface area (Å²) in [6.45, 7) is 10.4. The maximum absolute atomic E-state index is 12.6. The highest BCUT2D eigenvalue weighted by Crippen LogP contribution is 2.23. The maximum Gasteiger partial charge on any atom is 0.408 e. The molecule has 164 valence electrons. The van der Waals surface area contributed by atoms with Gasteiger partial charge in [0.25, 0.3) is 5.91 Å². The molecule has 0 aliphatic rings. The van der Waals surface area contributed by atoms with Crippen molar-refractivity contribution >= 4 is 29.3 Å². The van der Waals surface area contributed by atoms with E-state index in [1.165, 1.54) is 11.3 Å². The van der Waals surface area contributed by atoms with Gasteiger partial charge in [0.1, 0.15) is 29.2 Å². The number of hydrogen-bond donors (Lipinski definition) is 2. The number of ether oxygens (including phenoxy) is 2. The molecule has 0 saturated heterocycles. The van der Waals surface area contributed by atoms with E-state index in [9.17, 15) is 14.4 Å². The van der Waals surface area contributed by atoms with Crippen LogP contribution in [-0.2, 0) is 20.7 Å². The van der Waals surface area contributed by atoms with Gasteiger partial charge in [-0.1, -0.05) is 0 Å². The Morgan fingerprint density at radius 1 is 1.13 bits per heavy atom. The summed E-state index contributed by atoms with van der Waals surface area (Å²) in [5.74, 6) is -1.20. The number of primary amides is 1. The van der Waals surface area contributed by atoms with Gasteiger partial charge in [0.2, 0.25) is 5.89 Å². The van der Waals surface area contributed by atoms with E-state index in [1.807, 2.05) is 0 Å². The molecule has 2 heterocycles. The van der Waals surface area contributed by atoms with Crippen LogP contribution >= 0.6 is 11.3 Å². The van der Waals surface area contributed by atoms with Crippen LogP contribution in [0.4, 0.5) is 4.79 Å². The van der Waals surface area contributed by atoms with Gasteiger partial charge in [-0.2, -0.15) is 0 Å². The molecule has 2 rings (SSSR count). The fraction of sp³-hybridized carbons (Fsp3) is 0.526. The molecule has 2 aromatic heterocycles. The van der Waals surface area contributed by atoms with Crippen LogP contribution < -0.4 is 11.1 Å². The molecule has 0 bridgehead atoms. The SMILES string of the molecule is CC(C)(C)OC(=O)N[C@@H](Cc1nc(-c2nc(C(N)=O)co2)cs1)C(=O)OC(C)(C)C. The van der Waals surface area contributed by atoms with Gasteiger partial charge in [0, 0.05) is 11.8 Å². The highest BCUT2D eigenvalue weighted by molar-refractivity contribution is 7.09. The zero-order valence-electron chi connectivity index (χ0n) is 17.8. The molecule has 30 heavy (non-hydrogen) atoms. The standard InChI is InChI=1S/C19H26N4O6S/c1-18(2,3)28-16(25)10(23-17(26)29-19(4,5)6)7-13-21-12(9-30-13)15-22-11(8-27-15)14(20)24/h8-10H,7H2,1-6H3,(H2,20,24)(H,23,26)/t10-/m0/s1. The highest BCUT2D eigenvalue weighted by Gasteiger charge is 2.30. The van der Waals surface area contributed by atoms with E-state index in [-0.39, 0.29) is 18.0 Å². The Labute approximate surface area is 178 Å². The van der Waals surface area contributed by atoms with Crippen LogP contribution in [0.5, 0.6) is 0 Å². The topological polar surface area (TPSA) is 147 Å². The Bertz CT molecular complexity index is 922. The Morgan fingerprint density at radius 2 is 1.77 bits per heavy atom. The molecule has 0 saturated carbocycles. The van der Waals surface area contributed by atoms with E-state index in [4.69, 9.17) is 19.6 Å². The van der Waals surface area contributed by atoms with E-state index in [1.54, 1.807) is 46.9 Å². The van der Waals surface area contributed by atoms with Crippen LogP contribution in [0, 0.1) is 0 Å². The first-order valence-electron chi connectivity index (χ1n) is 9.16. The number of hydrogen-bond acceptors (Lipinski definition) is 9. The van der Waals surface area contributed by atoms with Crippen molar-refractivity contribution in [1.29, 1.82) is 0 Å². The molecule has 0 aromatic carbocycles. The largest absolute Gasteiger partial charge is 0.458 e. The lowest BCUT2D eigenvalue weighted by Crippen LogP contribution is -2.47. The first-order valence-corrected chi connectivity index (χ1v) is 10.0. The second-order valence-electron chi connectivity index (χ2n) is 8.47. The summed E-state index contributed by atoms with van der Waals surface area (Å²) in [5, 5.41) is 4.73. The van der Waals surface area contributed by atoms with Crippen LogP contribution in [0.2, 0.25) is 0 Å². The number of oxazole rings is 1. The number of alkyl carbamates (subject to hydrolysis) is 1. The van der Waals surface area contributed by atoms with Crippen LogP contribution in [0.3, 0.4) is 0 Å². The number of nitrogens with one attached hydrogen (secondary N) is 1. The van der Waals surface area contributed by atoms with Crippen molar-refractivity contribution in [3.63, 3.8) is 0 Å². The maximum atomic E-state index is 12.6. The minimum Gasteiger partial charge on any atom is -0.458 e. The molecule has 10 nitrogen and oxygen atoms in total. The summed E-state index contributed by atoms with van der Waals surface area (Å²) in [4.78, 5) is 44.3. The summed E-state index contributed by atoms with van der Waals surface area (Å²) in [7, 11) is 0. The third-order valence-corrected chi connectivity index (χ3v) is 4.16. The summed E-state index contributed by atoms with van der Waals surface area (Å²) in [6, 6.07) is -1.01. The molecule has 0 spiro atoms. The van der Waals surface area contributed by atoms with Crippen LogP contribution in [0.25, 0.3) is 11.6 Å². The van der Waals surface area contributed by atoms with E-state index in [0.29, 0.717) is 10.7 Å². The molecular formula is C19H26N4O6S. The number of nitrogens with two attached hydrogens (primary N) is 1. The fourth-order valence-electron chi connectivity index (χ4n) is 2.20. The van der Waals surface area contributed by atoms with E-state index >= 15 is 0 Å². The Morgan fingerprint density at radius 3 is 2.30 bits per heavy atom. The van der Waals surface area contributed by atoms with Gasteiger partial charge >= 0.3 is 12.1 Å². The monoisotopic (exact) mass is 438 g/mol. The number of amides is 2. The second-order valence-corrected chi connectivity index (χ2v) is 9.41. The third-order valence-electron chi connectivity index (χ3n) is 3.29.